The fourth-order valence-electron chi connectivity index (χ4n) is 1.81. The minimum atomic E-state index is 0.585. The molecule has 1 heterocycles. The molecule has 1 nitrogen and oxygen atoms in total. The summed E-state index contributed by atoms with van der Waals surface area (Å²) in [5.41, 5.74) is 2.78. The highest BCUT2D eigenvalue weighted by molar-refractivity contribution is 9.10. The SMILES string of the molecule is CC1CC(c2ccccc2Br)=CCN1. The summed E-state index contributed by atoms with van der Waals surface area (Å²) in [5.74, 6) is 0. The molecule has 0 aliphatic carbocycles. The van der Waals surface area contributed by atoms with Crippen molar-refractivity contribution in [2.45, 2.75) is 19.4 Å². The molecule has 2 heteroatoms. The van der Waals surface area contributed by atoms with Crippen LogP contribution in [0, 0.1) is 0 Å². The number of benzene rings is 1. The zero-order valence-corrected chi connectivity index (χ0v) is 9.84. The fraction of sp³-hybridized carbons (Fsp3) is 0.333. The average molecular weight is 252 g/mol. The summed E-state index contributed by atoms with van der Waals surface area (Å²) in [6.07, 6.45) is 3.39. The Morgan fingerprint density at radius 3 is 2.86 bits per heavy atom. The zero-order valence-electron chi connectivity index (χ0n) is 8.26. The van der Waals surface area contributed by atoms with Gasteiger partial charge in [0.15, 0.2) is 0 Å². The van der Waals surface area contributed by atoms with Gasteiger partial charge in [0.1, 0.15) is 0 Å². The summed E-state index contributed by atoms with van der Waals surface area (Å²) < 4.78 is 1.19. The molecule has 1 unspecified atom stereocenters. The van der Waals surface area contributed by atoms with Crippen molar-refractivity contribution in [1.82, 2.24) is 5.32 Å². The van der Waals surface area contributed by atoms with E-state index in [1.165, 1.54) is 15.6 Å². The molecule has 1 aliphatic heterocycles. The highest BCUT2D eigenvalue weighted by atomic mass is 79.9. The minimum Gasteiger partial charge on any atom is -0.310 e. The highest BCUT2D eigenvalue weighted by Crippen LogP contribution is 2.28. The van der Waals surface area contributed by atoms with Gasteiger partial charge in [-0.1, -0.05) is 40.2 Å². The van der Waals surface area contributed by atoms with E-state index in [0.717, 1.165) is 13.0 Å². The normalized spacial score (nSPS) is 21.9. The molecule has 1 aromatic carbocycles. The zero-order chi connectivity index (χ0) is 9.97. The third kappa shape index (κ3) is 2.07. The van der Waals surface area contributed by atoms with Crippen molar-refractivity contribution in [2.75, 3.05) is 6.54 Å². The third-order valence-electron chi connectivity index (χ3n) is 2.56. The van der Waals surface area contributed by atoms with Crippen LogP contribution in [0.15, 0.2) is 34.8 Å². The fourth-order valence-corrected chi connectivity index (χ4v) is 2.35. The Morgan fingerprint density at radius 1 is 1.36 bits per heavy atom. The molecule has 0 bridgehead atoms. The van der Waals surface area contributed by atoms with E-state index in [2.05, 4.69) is 58.5 Å². The van der Waals surface area contributed by atoms with Gasteiger partial charge in [0.05, 0.1) is 0 Å². The molecule has 14 heavy (non-hydrogen) atoms. The van der Waals surface area contributed by atoms with Crippen LogP contribution < -0.4 is 5.32 Å². The Bertz CT molecular complexity index is 357. The van der Waals surface area contributed by atoms with E-state index in [1.807, 2.05) is 0 Å². The molecule has 1 aromatic rings. The Balaban J connectivity index is 2.31. The van der Waals surface area contributed by atoms with E-state index in [4.69, 9.17) is 0 Å². The van der Waals surface area contributed by atoms with Crippen molar-refractivity contribution < 1.29 is 0 Å². The number of rotatable bonds is 1. The highest BCUT2D eigenvalue weighted by Gasteiger charge is 2.12. The van der Waals surface area contributed by atoms with Gasteiger partial charge in [-0.3, -0.25) is 0 Å². The first-order chi connectivity index (χ1) is 6.77. The molecule has 0 saturated heterocycles. The summed E-state index contributed by atoms with van der Waals surface area (Å²) in [6, 6.07) is 9.01. The van der Waals surface area contributed by atoms with Gasteiger partial charge in [0.2, 0.25) is 0 Å². The van der Waals surface area contributed by atoms with Crippen molar-refractivity contribution >= 4 is 21.5 Å². The number of hydrogen-bond donors (Lipinski definition) is 1. The van der Waals surface area contributed by atoms with Crippen LogP contribution in [0.25, 0.3) is 5.57 Å². The maximum atomic E-state index is 3.59. The lowest BCUT2D eigenvalue weighted by Gasteiger charge is -2.21. The van der Waals surface area contributed by atoms with Crippen molar-refractivity contribution in [2.24, 2.45) is 0 Å². The Labute approximate surface area is 93.3 Å². The molecule has 0 saturated carbocycles. The Hall–Kier alpha value is -0.600. The second kappa shape index (κ2) is 4.28. The second-order valence-electron chi connectivity index (χ2n) is 3.72. The van der Waals surface area contributed by atoms with Crippen LogP contribution in [0.2, 0.25) is 0 Å². The van der Waals surface area contributed by atoms with Crippen LogP contribution >= 0.6 is 15.9 Å². The van der Waals surface area contributed by atoms with Crippen LogP contribution in [0.1, 0.15) is 18.9 Å². The lowest BCUT2D eigenvalue weighted by molar-refractivity contribution is 0.579. The molecule has 1 atom stereocenters. The average Bonchev–Trinajstić information content (AvgIpc) is 2.18. The first kappa shape index (κ1) is 9.94. The van der Waals surface area contributed by atoms with E-state index < -0.39 is 0 Å². The van der Waals surface area contributed by atoms with Crippen molar-refractivity contribution in [3.05, 3.63) is 40.4 Å². The topological polar surface area (TPSA) is 12.0 Å². The molecule has 0 spiro atoms. The standard InChI is InChI=1S/C12H14BrN/c1-9-8-10(6-7-14-9)11-4-2-3-5-12(11)13/h2-6,9,14H,7-8H2,1H3. The van der Waals surface area contributed by atoms with Gasteiger partial charge < -0.3 is 5.32 Å². The maximum absolute atomic E-state index is 3.59. The predicted molar refractivity (Wildman–Crippen MR) is 64.2 cm³/mol. The molecule has 74 valence electrons. The summed E-state index contributed by atoms with van der Waals surface area (Å²) in [5, 5.41) is 3.41. The molecular weight excluding hydrogens is 238 g/mol. The summed E-state index contributed by atoms with van der Waals surface area (Å²) in [7, 11) is 0. The van der Waals surface area contributed by atoms with Crippen molar-refractivity contribution in [3.63, 3.8) is 0 Å². The van der Waals surface area contributed by atoms with Gasteiger partial charge >= 0.3 is 0 Å². The molecular formula is C12H14BrN. The van der Waals surface area contributed by atoms with Crippen LogP contribution in [0.5, 0.6) is 0 Å². The van der Waals surface area contributed by atoms with Crippen LogP contribution in [0.4, 0.5) is 0 Å². The van der Waals surface area contributed by atoms with Crippen LogP contribution in [-0.2, 0) is 0 Å². The van der Waals surface area contributed by atoms with Gasteiger partial charge in [0, 0.05) is 17.1 Å². The van der Waals surface area contributed by atoms with Gasteiger partial charge in [0.25, 0.3) is 0 Å². The Morgan fingerprint density at radius 2 is 2.14 bits per heavy atom. The first-order valence-electron chi connectivity index (χ1n) is 4.94. The molecule has 0 amide bonds. The van der Waals surface area contributed by atoms with E-state index in [-0.39, 0.29) is 0 Å². The number of nitrogens with one attached hydrogen (secondary N) is 1. The number of halogens is 1. The molecule has 2 rings (SSSR count). The van der Waals surface area contributed by atoms with Crippen LogP contribution in [-0.4, -0.2) is 12.6 Å². The predicted octanol–water partition coefficient (Wildman–Crippen LogP) is 3.21. The first-order valence-corrected chi connectivity index (χ1v) is 5.74. The van der Waals surface area contributed by atoms with Gasteiger partial charge in [-0.05, 0) is 30.5 Å². The summed E-state index contributed by atoms with van der Waals surface area (Å²) >= 11 is 3.59. The summed E-state index contributed by atoms with van der Waals surface area (Å²) in [6.45, 7) is 3.21. The Kier molecular flexibility index (Phi) is 3.04. The van der Waals surface area contributed by atoms with Gasteiger partial charge in [-0.2, -0.15) is 0 Å². The third-order valence-corrected chi connectivity index (χ3v) is 3.25. The van der Waals surface area contributed by atoms with E-state index >= 15 is 0 Å². The lowest BCUT2D eigenvalue weighted by atomic mass is 9.96. The minimum absolute atomic E-state index is 0.585. The van der Waals surface area contributed by atoms with Crippen LogP contribution in [0.3, 0.4) is 0 Å². The second-order valence-corrected chi connectivity index (χ2v) is 4.58. The molecule has 1 N–H and O–H groups in total. The molecule has 0 radical (unpaired) electrons. The van der Waals surface area contributed by atoms with E-state index in [0.29, 0.717) is 6.04 Å². The maximum Gasteiger partial charge on any atom is 0.0250 e. The summed E-state index contributed by atoms with van der Waals surface area (Å²) in [4.78, 5) is 0. The van der Waals surface area contributed by atoms with Gasteiger partial charge in [-0.15, -0.1) is 0 Å². The lowest BCUT2D eigenvalue weighted by Crippen LogP contribution is -2.29. The van der Waals surface area contributed by atoms with E-state index in [1.54, 1.807) is 0 Å². The molecule has 1 aliphatic rings. The van der Waals surface area contributed by atoms with Gasteiger partial charge in [-0.25, -0.2) is 0 Å². The molecule has 0 aromatic heterocycles. The quantitative estimate of drug-likeness (QED) is 0.809. The number of hydrogen-bond acceptors (Lipinski definition) is 1. The molecule has 0 fully saturated rings. The largest absolute Gasteiger partial charge is 0.310 e. The van der Waals surface area contributed by atoms with Crippen molar-refractivity contribution in [1.29, 1.82) is 0 Å². The van der Waals surface area contributed by atoms with Crippen molar-refractivity contribution in [3.8, 4) is 0 Å². The monoisotopic (exact) mass is 251 g/mol. The smallest absolute Gasteiger partial charge is 0.0250 e. The van der Waals surface area contributed by atoms with E-state index in [9.17, 15) is 0 Å².